The topological polar surface area (TPSA) is 44.9 Å². The van der Waals surface area contributed by atoms with Gasteiger partial charge < -0.3 is 10.3 Å². The average molecular weight is 242 g/mol. The largest absolute Gasteiger partial charge is 0.322 e. The maximum absolute atomic E-state index is 12.3. The molecule has 3 heteroatoms. The predicted octanol–water partition coefficient (Wildman–Crippen LogP) is 2.17. The summed E-state index contributed by atoms with van der Waals surface area (Å²) in [4.78, 5) is 15.3. The number of para-hydroxylation sites is 1. The fourth-order valence-electron chi connectivity index (χ4n) is 3.02. The van der Waals surface area contributed by atoms with Crippen molar-refractivity contribution in [2.75, 3.05) is 13.6 Å². The number of aromatic nitrogens is 1. The fourth-order valence-corrected chi connectivity index (χ4v) is 3.02. The van der Waals surface area contributed by atoms with Crippen molar-refractivity contribution in [3.8, 4) is 0 Å². The lowest BCUT2D eigenvalue weighted by Gasteiger charge is -2.41. The lowest BCUT2D eigenvalue weighted by Crippen LogP contribution is -2.46. The lowest BCUT2D eigenvalue weighted by atomic mass is 9.64. The Morgan fingerprint density at radius 1 is 1.33 bits per heavy atom. The maximum atomic E-state index is 12.3. The normalized spacial score (nSPS) is 17.6. The van der Waals surface area contributed by atoms with Gasteiger partial charge in [0, 0.05) is 23.0 Å². The molecule has 1 fully saturated rings. The Hall–Kier alpha value is -1.61. The Balaban J connectivity index is 2.16. The number of aromatic amines is 1. The summed E-state index contributed by atoms with van der Waals surface area (Å²) in [7, 11) is 1.95. The third kappa shape index (κ3) is 1.66. The molecule has 0 saturated heterocycles. The summed E-state index contributed by atoms with van der Waals surface area (Å²) in [5, 5.41) is 4.35. The molecular formula is C15H18N2O. The molecule has 94 valence electrons. The molecule has 0 spiro atoms. The van der Waals surface area contributed by atoms with Gasteiger partial charge in [-0.1, -0.05) is 24.6 Å². The van der Waals surface area contributed by atoms with E-state index in [9.17, 15) is 4.79 Å². The minimum absolute atomic E-state index is 0.0480. The smallest absolute Gasteiger partial charge is 0.252 e. The highest BCUT2D eigenvalue weighted by Gasteiger charge is 2.40. The molecule has 0 unspecified atom stereocenters. The Kier molecular flexibility index (Phi) is 2.71. The van der Waals surface area contributed by atoms with Crippen molar-refractivity contribution in [3.05, 3.63) is 46.2 Å². The molecule has 18 heavy (non-hydrogen) atoms. The van der Waals surface area contributed by atoms with Gasteiger partial charge in [-0.05, 0) is 37.4 Å². The first-order valence-electron chi connectivity index (χ1n) is 6.52. The second-order valence-electron chi connectivity index (χ2n) is 5.26. The van der Waals surface area contributed by atoms with E-state index in [2.05, 4.69) is 22.4 Å². The predicted molar refractivity (Wildman–Crippen MR) is 74.0 cm³/mol. The highest BCUT2D eigenvalue weighted by molar-refractivity contribution is 5.79. The van der Waals surface area contributed by atoms with E-state index >= 15 is 0 Å². The van der Waals surface area contributed by atoms with Gasteiger partial charge in [-0.2, -0.15) is 0 Å². The molecule has 3 rings (SSSR count). The SMILES string of the molecule is CNCC1(c2cc3ccccc3[nH]c2=O)CCC1. The highest BCUT2D eigenvalue weighted by Crippen LogP contribution is 2.42. The average Bonchev–Trinajstić information content (AvgIpc) is 2.33. The van der Waals surface area contributed by atoms with Gasteiger partial charge in [0.1, 0.15) is 0 Å². The third-order valence-corrected chi connectivity index (χ3v) is 4.15. The first kappa shape index (κ1) is 11.5. The van der Waals surface area contributed by atoms with Crippen LogP contribution in [0.3, 0.4) is 0 Å². The summed E-state index contributed by atoms with van der Waals surface area (Å²) in [6.07, 6.45) is 3.43. The summed E-state index contributed by atoms with van der Waals surface area (Å²) in [5.41, 5.74) is 1.99. The first-order valence-corrected chi connectivity index (χ1v) is 6.52. The van der Waals surface area contributed by atoms with Crippen molar-refractivity contribution in [2.24, 2.45) is 0 Å². The first-order chi connectivity index (χ1) is 8.75. The molecule has 0 atom stereocenters. The summed E-state index contributed by atoms with van der Waals surface area (Å²) in [6, 6.07) is 10.0. The van der Waals surface area contributed by atoms with Crippen molar-refractivity contribution in [1.29, 1.82) is 0 Å². The van der Waals surface area contributed by atoms with Gasteiger partial charge in [0.15, 0.2) is 0 Å². The summed E-state index contributed by atoms with van der Waals surface area (Å²) in [5.74, 6) is 0. The molecule has 1 aromatic heterocycles. The van der Waals surface area contributed by atoms with Gasteiger partial charge in [-0.15, -0.1) is 0 Å². The lowest BCUT2D eigenvalue weighted by molar-refractivity contribution is 0.237. The van der Waals surface area contributed by atoms with Crippen LogP contribution in [0.5, 0.6) is 0 Å². The van der Waals surface area contributed by atoms with E-state index in [0.29, 0.717) is 0 Å². The fraction of sp³-hybridized carbons (Fsp3) is 0.400. The molecule has 1 aliphatic rings. The van der Waals surface area contributed by atoms with Crippen LogP contribution in [0.2, 0.25) is 0 Å². The standard InChI is InChI=1S/C15H18N2O/c1-16-10-15(7-4-8-15)12-9-11-5-2-3-6-13(11)17-14(12)18/h2-3,5-6,9,16H,4,7-8,10H2,1H3,(H,17,18). The molecule has 0 radical (unpaired) electrons. The number of nitrogens with one attached hydrogen (secondary N) is 2. The van der Waals surface area contributed by atoms with Crippen molar-refractivity contribution in [2.45, 2.75) is 24.7 Å². The molecule has 3 nitrogen and oxygen atoms in total. The van der Waals surface area contributed by atoms with Crippen LogP contribution in [0.4, 0.5) is 0 Å². The summed E-state index contributed by atoms with van der Waals surface area (Å²) >= 11 is 0. The Bertz CT molecular complexity index is 626. The monoisotopic (exact) mass is 242 g/mol. The highest BCUT2D eigenvalue weighted by atomic mass is 16.1. The number of benzene rings is 1. The zero-order valence-corrected chi connectivity index (χ0v) is 10.6. The minimum atomic E-state index is 0.0480. The van der Waals surface area contributed by atoms with Crippen molar-refractivity contribution >= 4 is 10.9 Å². The van der Waals surface area contributed by atoms with E-state index in [-0.39, 0.29) is 11.0 Å². The van der Waals surface area contributed by atoms with Crippen LogP contribution in [-0.2, 0) is 5.41 Å². The summed E-state index contributed by atoms with van der Waals surface area (Å²) < 4.78 is 0. The van der Waals surface area contributed by atoms with Gasteiger partial charge in [0.2, 0.25) is 0 Å². The van der Waals surface area contributed by atoms with E-state index in [4.69, 9.17) is 0 Å². The van der Waals surface area contributed by atoms with Gasteiger partial charge in [-0.25, -0.2) is 0 Å². The van der Waals surface area contributed by atoms with Gasteiger partial charge in [-0.3, -0.25) is 4.79 Å². The van der Waals surface area contributed by atoms with Crippen molar-refractivity contribution in [3.63, 3.8) is 0 Å². The van der Waals surface area contributed by atoms with Crippen LogP contribution < -0.4 is 10.9 Å². The third-order valence-electron chi connectivity index (χ3n) is 4.15. The number of pyridine rings is 1. The van der Waals surface area contributed by atoms with Crippen LogP contribution in [-0.4, -0.2) is 18.6 Å². The molecule has 1 aromatic carbocycles. The van der Waals surface area contributed by atoms with Gasteiger partial charge in [0.25, 0.3) is 5.56 Å². The molecule has 0 bridgehead atoms. The van der Waals surface area contributed by atoms with Crippen molar-refractivity contribution in [1.82, 2.24) is 10.3 Å². The molecule has 0 aliphatic heterocycles. The van der Waals surface area contributed by atoms with Crippen LogP contribution in [0, 0.1) is 0 Å². The minimum Gasteiger partial charge on any atom is -0.322 e. The van der Waals surface area contributed by atoms with Crippen LogP contribution in [0.25, 0.3) is 10.9 Å². The number of fused-ring (bicyclic) bond motifs is 1. The van der Waals surface area contributed by atoms with Gasteiger partial charge >= 0.3 is 0 Å². The quantitative estimate of drug-likeness (QED) is 0.866. The van der Waals surface area contributed by atoms with Crippen LogP contribution in [0.1, 0.15) is 24.8 Å². The van der Waals surface area contributed by atoms with E-state index < -0.39 is 0 Å². The molecule has 0 amide bonds. The van der Waals surface area contributed by atoms with E-state index in [1.54, 1.807) is 0 Å². The second kappa shape index (κ2) is 4.25. The molecule has 2 N–H and O–H groups in total. The number of likely N-dealkylation sites (N-methyl/N-ethyl adjacent to an activating group) is 1. The van der Waals surface area contributed by atoms with Crippen LogP contribution in [0.15, 0.2) is 35.1 Å². The molecule has 1 heterocycles. The number of H-pyrrole nitrogens is 1. The molecular weight excluding hydrogens is 224 g/mol. The summed E-state index contributed by atoms with van der Waals surface area (Å²) in [6.45, 7) is 0.883. The number of hydrogen-bond acceptors (Lipinski definition) is 2. The van der Waals surface area contributed by atoms with Gasteiger partial charge in [0.05, 0.1) is 0 Å². The Morgan fingerprint density at radius 3 is 2.78 bits per heavy atom. The molecule has 2 aromatic rings. The van der Waals surface area contributed by atoms with E-state index in [1.165, 1.54) is 6.42 Å². The number of hydrogen-bond donors (Lipinski definition) is 2. The molecule has 1 aliphatic carbocycles. The van der Waals surface area contributed by atoms with Crippen LogP contribution >= 0.6 is 0 Å². The maximum Gasteiger partial charge on any atom is 0.252 e. The number of rotatable bonds is 3. The Labute approximate surface area is 106 Å². The second-order valence-corrected chi connectivity index (χ2v) is 5.26. The zero-order chi connectivity index (χ0) is 12.6. The zero-order valence-electron chi connectivity index (χ0n) is 10.6. The van der Waals surface area contributed by atoms with E-state index in [0.717, 1.165) is 35.9 Å². The molecule has 1 saturated carbocycles. The van der Waals surface area contributed by atoms with Crippen molar-refractivity contribution < 1.29 is 0 Å². The van der Waals surface area contributed by atoms with E-state index in [1.807, 2.05) is 25.2 Å². The Morgan fingerprint density at radius 2 is 2.11 bits per heavy atom.